The van der Waals surface area contributed by atoms with Gasteiger partial charge in [0.15, 0.2) is 5.82 Å². The molecule has 0 N–H and O–H groups in total. The van der Waals surface area contributed by atoms with Crippen molar-refractivity contribution in [2.24, 2.45) is 0 Å². The molecule has 3 heterocycles. The van der Waals surface area contributed by atoms with Gasteiger partial charge < -0.3 is 0 Å². The third kappa shape index (κ3) is 3.48. The van der Waals surface area contributed by atoms with E-state index >= 15 is 0 Å². The molecule has 5 heteroatoms. The SMILES string of the molecule is Cc1ccccc1-c1c(C)nc(Cl)nc1-n1c2ccccc2c2c3ccccc3c3c4cc5ccccc5cc4sc3c21. The molecule has 0 bridgehead atoms. The summed E-state index contributed by atoms with van der Waals surface area (Å²) < 4.78 is 4.87. The molecular weight excluding hydrogens is 566 g/mol. The lowest BCUT2D eigenvalue weighted by molar-refractivity contribution is 1.02. The van der Waals surface area contributed by atoms with Crippen molar-refractivity contribution in [1.29, 1.82) is 0 Å². The van der Waals surface area contributed by atoms with Crippen LogP contribution in [0.25, 0.3) is 80.5 Å². The molecule has 0 unspecified atom stereocenters. The van der Waals surface area contributed by atoms with Crippen molar-refractivity contribution in [2.45, 2.75) is 13.8 Å². The minimum absolute atomic E-state index is 0.246. The number of para-hydroxylation sites is 1. The van der Waals surface area contributed by atoms with Crippen LogP contribution in [0.4, 0.5) is 0 Å². The molecule has 0 saturated carbocycles. The molecule has 0 aliphatic rings. The standard InChI is InChI=1S/C38H24ClN3S/c1-21-11-3-6-14-25(21)32-22(2)40-38(39)41-37(32)42-30-18-10-9-17-28(30)33-26-15-7-8-16-27(26)34-29-19-23-12-4-5-13-24(23)20-31(29)43-36(34)35(33)42/h3-20H,1-2H3. The summed E-state index contributed by atoms with van der Waals surface area (Å²) in [6, 6.07) is 39.3. The van der Waals surface area contributed by atoms with Crippen LogP contribution in [0.1, 0.15) is 11.3 Å². The van der Waals surface area contributed by atoms with E-state index in [9.17, 15) is 0 Å². The number of fused-ring (bicyclic) bond motifs is 11. The van der Waals surface area contributed by atoms with Gasteiger partial charge in [-0.1, -0.05) is 91.0 Å². The molecule has 0 fully saturated rings. The predicted molar refractivity (Wildman–Crippen MR) is 184 cm³/mol. The minimum atomic E-state index is 0.246. The third-order valence-corrected chi connectivity index (χ3v) is 10.1. The van der Waals surface area contributed by atoms with Crippen molar-refractivity contribution in [3.05, 3.63) is 126 Å². The molecule has 6 aromatic carbocycles. The Hall–Kier alpha value is -4.77. The monoisotopic (exact) mass is 589 g/mol. The van der Waals surface area contributed by atoms with Gasteiger partial charge in [0.1, 0.15) is 0 Å². The van der Waals surface area contributed by atoms with Crippen molar-refractivity contribution >= 4 is 86.5 Å². The summed E-state index contributed by atoms with van der Waals surface area (Å²) in [6.45, 7) is 4.17. The van der Waals surface area contributed by atoms with Crippen molar-refractivity contribution in [2.75, 3.05) is 0 Å². The second-order valence-corrected chi connectivity index (χ2v) is 12.6. The Morgan fingerprint density at radius 3 is 2.09 bits per heavy atom. The Labute approximate surface area is 256 Å². The highest BCUT2D eigenvalue weighted by molar-refractivity contribution is 7.27. The molecule has 0 atom stereocenters. The van der Waals surface area contributed by atoms with Crippen molar-refractivity contribution in [1.82, 2.24) is 14.5 Å². The van der Waals surface area contributed by atoms with Gasteiger partial charge in [0.25, 0.3) is 0 Å². The Balaban J connectivity index is 1.57. The Morgan fingerprint density at radius 2 is 1.30 bits per heavy atom. The molecule has 43 heavy (non-hydrogen) atoms. The molecule has 0 amide bonds. The molecule has 3 aromatic heterocycles. The first-order valence-electron chi connectivity index (χ1n) is 14.4. The Morgan fingerprint density at radius 1 is 0.651 bits per heavy atom. The van der Waals surface area contributed by atoms with E-state index in [4.69, 9.17) is 16.6 Å². The highest BCUT2D eigenvalue weighted by Gasteiger charge is 2.25. The molecule has 3 nitrogen and oxygen atoms in total. The first-order chi connectivity index (χ1) is 21.1. The van der Waals surface area contributed by atoms with Gasteiger partial charge in [-0.05, 0) is 76.3 Å². The van der Waals surface area contributed by atoms with E-state index in [1.54, 1.807) is 0 Å². The predicted octanol–water partition coefficient (Wildman–Crippen LogP) is 11.2. The van der Waals surface area contributed by atoms with Crippen LogP contribution in [0, 0.1) is 13.8 Å². The summed E-state index contributed by atoms with van der Waals surface area (Å²) in [6.07, 6.45) is 0. The van der Waals surface area contributed by atoms with E-state index in [2.05, 4.69) is 126 Å². The molecule has 0 radical (unpaired) electrons. The normalized spacial score (nSPS) is 12.1. The van der Waals surface area contributed by atoms with Gasteiger partial charge in [0.2, 0.25) is 5.28 Å². The van der Waals surface area contributed by atoms with Crippen LogP contribution in [0.15, 0.2) is 109 Å². The first-order valence-corrected chi connectivity index (χ1v) is 15.6. The minimum Gasteiger partial charge on any atom is -0.292 e. The molecule has 0 aliphatic heterocycles. The summed E-state index contributed by atoms with van der Waals surface area (Å²) in [5.74, 6) is 0.803. The molecule has 0 aliphatic carbocycles. The van der Waals surface area contributed by atoms with Gasteiger partial charge in [-0.15, -0.1) is 11.3 Å². The van der Waals surface area contributed by atoms with E-state index in [0.717, 1.165) is 33.7 Å². The molecule has 9 aromatic rings. The molecular formula is C38H24ClN3S. The number of benzene rings is 6. The largest absolute Gasteiger partial charge is 0.292 e. The van der Waals surface area contributed by atoms with Gasteiger partial charge in [0.05, 0.1) is 21.4 Å². The fourth-order valence-corrected chi connectivity index (χ4v) is 8.43. The highest BCUT2D eigenvalue weighted by atomic mass is 35.5. The zero-order valence-electron chi connectivity index (χ0n) is 23.5. The van der Waals surface area contributed by atoms with Gasteiger partial charge >= 0.3 is 0 Å². The van der Waals surface area contributed by atoms with Crippen LogP contribution in [0.2, 0.25) is 5.28 Å². The van der Waals surface area contributed by atoms with E-state index in [1.807, 2.05) is 18.3 Å². The first kappa shape index (κ1) is 24.8. The summed E-state index contributed by atoms with van der Waals surface area (Å²) in [5, 5.41) is 10.3. The maximum Gasteiger partial charge on any atom is 0.224 e. The maximum absolute atomic E-state index is 6.67. The van der Waals surface area contributed by atoms with E-state index < -0.39 is 0 Å². The summed E-state index contributed by atoms with van der Waals surface area (Å²) in [7, 11) is 0. The van der Waals surface area contributed by atoms with Crippen molar-refractivity contribution in [3.63, 3.8) is 0 Å². The van der Waals surface area contributed by atoms with Crippen LogP contribution < -0.4 is 0 Å². The van der Waals surface area contributed by atoms with Gasteiger partial charge in [-0.2, -0.15) is 4.98 Å². The summed E-state index contributed by atoms with van der Waals surface area (Å²) >= 11 is 8.53. The Kier molecular flexibility index (Phi) is 5.25. The average molecular weight is 590 g/mol. The van der Waals surface area contributed by atoms with Crippen molar-refractivity contribution in [3.8, 4) is 16.9 Å². The number of aromatic nitrogens is 3. The lowest BCUT2D eigenvalue weighted by atomic mass is 9.97. The maximum atomic E-state index is 6.67. The van der Waals surface area contributed by atoms with Crippen LogP contribution >= 0.6 is 22.9 Å². The number of halogens is 1. The van der Waals surface area contributed by atoms with Gasteiger partial charge in [-0.3, -0.25) is 4.57 Å². The lowest BCUT2D eigenvalue weighted by Crippen LogP contribution is -2.05. The fraction of sp³-hybridized carbons (Fsp3) is 0.0526. The summed E-state index contributed by atoms with van der Waals surface area (Å²) in [5.41, 5.74) is 6.39. The van der Waals surface area contributed by atoms with E-state index in [0.29, 0.717) is 0 Å². The summed E-state index contributed by atoms with van der Waals surface area (Å²) in [4.78, 5) is 9.65. The molecule has 0 spiro atoms. The number of nitrogens with zero attached hydrogens (tertiary/aromatic N) is 3. The van der Waals surface area contributed by atoms with Crippen LogP contribution in [-0.2, 0) is 0 Å². The average Bonchev–Trinajstić information content (AvgIpc) is 3.56. The number of aryl methyl sites for hydroxylation is 2. The van der Waals surface area contributed by atoms with Crippen LogP contribution in [-0.4, -0.2) is 14.5 Å². The van der Waals surface area contributed by atoms with Crippen molar-refractivity contribution < 1.29 is 0 Å². The number of hydrogen-bond donors (Lipinski definition) is 0. The quantitative estimate of drug-likeness (QED) is 0.188. The van der Waals surface area contributed by atoms with Crippen LogP contribution in [0.3, 0.4) is 0 Å². The smallest absolute Gasteiger partial charge is 0.224 e. The third-order valence-electron chi connectivity index (χ3n) is 8.78. The van der Waals surface area contributed by atoms with Gasteiger partial charge in [0, 0.05) is 31.8 Å². The van der Waals surface area contributed by atoms with E-state index in [-0.39, 0.29) is 5.28 Å². The second-order valence-electron chi connectivity index (χ2n) is 11.2. The number of thiophene rings is 1. The topological polar surface area (TPSA) is 30.7 Å². The van der Waals surface area contributed by atoms with Gasteiger partial charge in [-0.25, -0.2) is 4.98 Å². The number of hydrogen-bond acceptors (Lipinski definition) is 3. The molecule has 204 valence electrons. The second kappa shape index (κ2) is 9.11. The zero-order chi connectivity index (χ0) is 28.8. The van der Waals surface area contributed by atoms with E-state index in [1.165, 1.54) is 58.1 Å². The highest BCUT2D eigenvalue weighted by Crippen LogP contribution is 2.49. The molecule has 0 saturated heterocycles. The lowest BCUT2D eigenvalue weighted by Gasteiger charge is -2.17. The zero-order valence-corrected chi connectivity index (χ0v) is 25.1. The Bertz CT molecular complexity index is 2610. The van der Waals surface area contributed by atoms with Crippen LogP contribution in [0.5, 0.6) is 0 Å². The molecule has 9 rings (SSSR count). The number of rotatable bonds is 2. The fourth-order valence-electron chi connectivity index (χ4n) is 6.94.